The van der Waals surface area contributed by atoms with Crippen LogP contribution in [-0.4, -0.2) is 36.2 Å². The van der Waals surface area contributed by atoms with Crippen molar-refractivity contribution < 1.29 is 5.11 Å². The molecule has 1 N–H and O–H groups in total. The minimum atomic E-state index is 0.246. The summed E-state index contributed by atoms with van der Waals surface area (Å²) >= 11 is 0. The third-order valence-electron chi connectivity index (χ3n) is 3.81. The van der Waals surface area contributed by atoms with E-state index < -0.39 is 0 Å². The number of likely N-dealkylation sites (tertiary alicyclic amines) is 1. The lowest BCUT2D eigenvalue weighted by atomic mass is 10.1. The topological polar surface area (TPSA) is 23.5 Å². The number of hydrogen-bond acceptors (Lipinski definition) is 2. The lowest BCUT2D eigenvalue weighted by molar-refractivity contribution is 0.288. The van der Waals surface area contributed by atoms with E-state index in [2.05, 4.69) is 29.2 Å². The van der Waals surface area contributed by atoms with E-state index in [-0.39, 0.29) is 6.61 Å². The fraction of sp³-hybridized carbons (Fsp3) is 0.625. The van der Waals surface area contributed by atoms with Crippen LogP contribution < -0.4 is 0 Å². The predicted molar refractivity (Wildman–Crippen MR) is 75.8 cm³/mol. The van der Waals surface area contributed by atoms with Gasteiger partial charge in [0.2, 0.25) is 0 Å². The molecule has 1 aromatic carbocycles. The van der Waals surface area contributed by atoms with Crippen LogP contribution in [0.3, 0.4) is 0 Å². The quantitative estimate of drug-likeness (QED) is 0.864. The molecule has 2 nitrogen and oxygen atoms in total. The Balaban J connectivity index is 1.83. The van der Waals surface area contributed by atoms with Crippen molar-refractivity contribution >= 4 is 0 Å². The minimum Gasteiger partial charge on any atom is -0.396 e. The number of benzene rings is 1. The molecule has 0 aromatic heterocycles. The molecule has 0 amide bonds. The van der Waals surface area contributed by atoms with E-state index in [0.717, 1.165) is 12.8 Å². The molecule has 0 unspecified atom stereocenters. The maximum Gasteiger partial charge on any atom is 0.0471 e. The Hall–Kier alpha value is -0.860. The molecule has 0 atom stereocenters. The highest BCUT2D eigenvalue weighted by Gasteiger charge is 2.08. The van der Waals surface area contributed by atoms with E-state index in [1.54, 1.807) is 0 Å². The number of rotatable bonds is 5. The molecule has 1 aromatic rings. The monoisotopic (exact) mass is 247 g/mol. The standard InChI is InChI=1S/C16H25NO/c18-13-9-16-7-5-6-15(14-16)8-12-17-10-3-1-2-4-11-17/h5-7,14,18H,1-4,8-13H2. The van der Waals surface area contributed by atoms with Crippen molar-refractivity contribution in [1.29, 1.82) is 0 Å². The van der Waals surface area contributed by atoms with Crippen LogP contribution in [0.1, 0.15) is 36.8 Å². The average molecular weight is 247 g/mol. The van der Waals surface area contributed by atoms with Gasteiger partial charge in [-0.15, -0.1) is 0 Å². The van der Waals surface area contributed by atoms with Crippen molar-refractivity contribution in [3.63, 3.8) is 0 Å². The molecule has 1 aliphatic rings. The summed E-state index contributed by atoms with van der Waals surface area (Å²) in [5, 5.41) is 8.97. The Morgan fingerprint density at radius 3 is 2.28 bits per heavy atom. The second-order valence-electron chi connectivity index (χ2n) is 5.30. The summed E-state index contributed by atoms with van der Waals surface area (Å²) in [6, 6.07) is 8.67. The molecule has 18 heavy (non-hydrogen) atoms. The van der Waals surface area contributed by atoms with Gasteiger partial charge >= 0.3 is 0 Å². The van der Waals surface area contributed by atoms with Gasteiger partial charge in [-0.2, -0.15) is 0 Å². The van der Waals surface area contributed by atoms with E-state index in [1.165, 1.54) is 56.4 Å². The maximum atomic E-state index is 8.97. The van der Waals surface area contributed by atoms with Gasteiger partial charge in [0.1, 0.15) is 0 Å². The minimum absolute atomic E-state index is 0.246. The highest BCUT2D eigenvalue weighted by molar-refractivity contribution is 5.23. The van der Waals surface area contributed by atoms with Crippen molar-refractivity contribution in [2.75, 3.05) is 26.2 Å². The molecule has 0 bridgehead atoms. The van der Waals surface area contributed by atoms with E-state index in [4.69, 9.17) is 5.11 Å². The van der Waals surface area contributed by atoms with Crippen molar-refractivity contribution in [2.24, 2.45) is 0 Å². The summed E-state index contributed by atoms with van der Waals surface area (Å²) in [7, 11) is 0. The summed E-state index contributed by atoms with van der Waals surface area (Å²) < 4.78 is 0. The van der Waals surface area contributed by atoms with Crippen LogP contribution in [0.2, 0.25) is 0 Å². The molecule has 1 heterocycles. The first kappa shape index (κ1) is 13.6. The van der Waals surface area contributed by atoms with Crippen LogP contribution in [0.4, 0.5) is 0 Å². The van der Waals surface area contributed by atoms with Crippen LogP contribution >= 0.6 is 0 Å². The Labute approximate surface area is 111 Å². The van der Waals surface area contributed by atoms with Gasteiger partial charge in [-0.05, 0) is 49.9 Å². The van der Waals surface area contributed by atoms with Crippen LogP contribution in [0.15, 0.2) is 24.3 Å². The second kappa shape index (κ2) is 7.55. The molecule has 0 spiro atoms. The SMILES string of the molecule is OCCc1cccc(CCN2CCCCCC2)c1. The number of nitrogens with zero attached hydrogens (tertiary/aromatic N) is 1. The molecule has 1 fully saturated rings. The van der Waals surface area contributed by atoms with Crippen LogP contribution in [0.25, 0.3) is 0 Å². The molecule has 2 heteroatoms. The van der Waals surface area contributed by atoms with E-state index in [1.807, 2.05) is 0 Å². The van der Waals surface area contributed by atoms with E-state index in [0.29, 0.717) is 0 Å². The van der Waals surface area contributed by atoms with E-state index in [9.17, 15) is 0 Å². The third-order valence-corrected chi connectivity index (χ3v) is 3.81. The zero-order valence-electron chi connectivity index (χ0n) is 11.3. The highest BCUT2D eigenvalue weighted by Crippen LogP contribution is 2.12. The van der Waals surface area contributed by atoms with Gasteiger partial charge < -0.3 is 10.0 Å². The largest absolute Gasteiger partial charge is 0.396 e. The highest BCUT2D eigenvalue weighted by atomic mass is 16.2. The predicted octanol–water partition coefficient (Wildman–Crippen LogP) is 2.64. The second-order valence-corrected chi connectivity index (χ2v) is 5.30. The van der Waals surface area contributed by atoms with Crippen molar-refractivity contribution in [1.82, 2.24) is 4.90 Å². The molecule has 0 radical (unpaired) electrons. The van der Waals surface area contributed by atoms with Gasteiger partial charge in [0.05, 0.1) is 0 Å². The Morgan fingerprint density at radius 2 is 1.61 bits per heavy atom. The van der Waals surface area contributed by atoms with Gasteiger partial charge in [0, 0.05) is 13.2 Å². The van der Waals surface area contributed by atoms with Gasteiger partial charge in [-0.3, -0.25) is 0 Å². The van der Waals surface area contributed by atoms with Crippen LogP contribution in [0, 0.1) is 0 Å². The van der Waals surface area contributed by atoms with E-state index >= 15 is 0 Å². The first-order valence-electron chi connectivity index (χ1n) is 7.29. The molecule has 0 saturated carbocycles. The first-order chi connectivity index (χ1) is 8.88. The smallest absolute Gasteiger partial charge is 0.0471 e. The van der Waals surface area contributed by atoms with Crippen LogP contribution in [0.5, 0.6) is 0 Å². The average Bonchev–Trinajstić information content (AvgIpc) is 2.66. The third kappa shape index (κ3) is 4.43. The maximum absolute atomic E-state index is 8.97. The normalized spacial score (nSPS) is 17.6. The zero-order valence-corrected chi connectivity index (χ0v) is 11.3. The molecular formula is C16H25NO. The summed E-state index contributed by atoms with van der Waals surface area (Å²) in [5.74, 6) is 0. The van der Waals surface area contributed by atoms with Gasteiger partial charge in [-0.1, -0.05) is 37.1 Å². The van der Waals surface area contributed by atoms with Crippen molar-refractivity contribution in [3.05, 3.63) is 35.4 Å². The molecule has 1 aliphatic heterocycles. The summed E-state index contributed by atoms with van der Waals surface area (Å²) in [4.78, 5) is 2.60. The summed E-state index contributed by atoms with van der Waals surface area (Å²) in [5.41, 5.74) is 2.66. The van der Waals surface area contributed by atoms with Crippen LogP contribution in [-0.2, 0) is 12.8 Å². The number of aliphatic hydroxyl groups is 1. The number of aliphatic hydroxyl groups excluding tert-OH is 1. The number of hydrogen-bond donors (Lipinski definition) is 1. The molecule has 1 saturated heterocycles. The van der Waals surface area contributed by atoms with Gasteiger partial charge in [-0.25, -0.2) is 0 Å². The molecular weight excluding hydrogens is 222 g/mol. The molecule has 0 aliphatic carbocycles. The Bertz CT molecular complexity index is 343. The van der Waals surface area contributed by atoms with Gasteiger partial charge in [0.15, 0.2) is 0 Å². The summed E-state index contributed by atoms with van der Waals surface area (Å²) in [6.07, 6.45) is 7.46. The lowest BCUT2D eigenvalue weighted by Gasteiger charge is -2.19. The zero-order chi connectivity index (χ0) is 12.6. The van der Waals surface area contributed by atoms with Gasteiger partial charge in [0.25, 0.3) is 0 Å². The fourth-order valence-electron chi connectivity index (χ4n) is 2.72. The van der Waals surface area contributed by atoms with Crippen molar-refractivity contribution in [3.8, 4) is 0 Å². The molecule has 100 valence electrons. The Kier molecular flexibility index (Phi) is 5.69. The Morgan fingerprint density at radius 1 is 0.944 bits per heavy atom. The molecule has 2 rings (SSSR count). The first-order valence-corrected chi connectivity index (χ1v) is 7.29. The summed E-state index contributed by atoms with van der Waals surface area (Å²) in [6.45, 7) is 3.98. The lowest BCUT2D eigenvalue weighted by Crippen LogP contribution is -2.26. The van der Waals surface area contributed by atoms with Crippen molar-refractivity contribution in [2.45, 2.75) is 38.5 Å². The fourth-order valence-corrected chi connectivity index (χ4v) is 2.72.